The van der Waals surface area contributed by atoms with Crippen molar-refractivity contribution in [3.63, 3.8) is 0 Å². The highest BCUT2D eigenvalue weighted by Gasteiger charge is 2.05. The molecule has 0 saturated carbocycles. The molecule has 0 N–H and O–H groups in total. The van der Waals surface area contributed by atoms with Crippen molar-refractivity contribution in [1.82, 2.24) is 0 Å². The van der Waals surface area contributed by atoms with Crippen LogP contribution in [0.3, 0.4) is 0 Å². The zero-order chi connectivity index (χ0) is 11.6. The molecular weight excluding hydrogens is 180 g/mol. The van der Waals surface area contributed by atoms with Gasteiger partial charge in [0, 0.05) is 0 Å². The first-order valence-electron chi connectivity index (χ1n) is 6.71. The minimum atomic E-state index is 0.456. The molecule has 0 unspecified atom stereocenters. The fourth-order valence-electron chi connectivity index (χ4n) is 1.60. The first-order valence-corrected chi connectivity index (χ1v) is 6.71. The summed E-state index contributed by atoms with van der Waals surface area (Å²) in [6.45, 7) is 9.15. The Morgan fingerprint density at radius 1 is 0.800 bits per heavy atom. The van der Waals surface area contributed by atoms with E-state index in [0.29, 0.717) is 5.41 Å². The third kappa shape index (κ3) is 13.7. The van der Waals surface area contributed by atoms with Crippen LogP contribution >= 0.6 is 0 Å². The van der Waals surface area contributed by atoms with E-state index in [1.165, 1.54) is 51.4 Å². The fourth-order valence-corrected chi connectivity index (χ4v) is 1.60. The molecule has 90 valence electrons. The van der Waals surface area contributed by atoms with Crippen molar-refractivity contribution in [2.75, 3.05) is 0 Å². The van der Waals surface area contributed by atoms with Crippen LogP contribution in [0, 0.1) is 5.41 Å². The largest absolute Gasteiger partial charge is 0.0885 e. The van der Waals surface area contributed by atoms with Crippen LogP contribution in [0.4, 0.5) is 0 Å². The van der Waals surface area contributed by atoms with Gasteiger partial charge in [0.2, 0.25) is 0 Å². The van der Waals surface area contributed by atoms with Gasteiger partial charge in [0.15, 0.2) is 0 Å². The summed E-state index contributed by atoms with van der Waals surface area (Å²) in [6, 6.07) is 0. The molecule has 0 fully saturated rings. The van der Waals surface area contributed by atoms with Crippen LogP contribution in [0.1, 0.15) is 79.1 Å². The second kappa shape index (κ2) is 9.00. The molecule has 0 radical (unpaired) electrons. The molecule has 0 heteroatoms. The van der Waals surface area contributed by atoms with Gasteiger partial charge in [-0.15, -0.1) is 0 Å². The van der Waals surface area contributed by atoms with Crippen LogP contribution in [0.25, 0.3) is 0 Å². The predicted octanol–water partition coefficient (Wildman–Crippen LogP) is 5.73. The molecule has 0 atom stereocenters. The van der Waals surface area contributed by atoms with E-state index in [9.17, 15) is 0 Å². The van der Waals surface area contributed by atoms with E-state index in [0.717, 1.165) is 0 Å². The second-order valence-corrected chi connectivity index (χ2v) is 5.79. The molecule has 0 aromatic heterocycles. The van der Waals surface area contributed by atoms with Crippen molar-refractivity contribution in [3.8, 4) is 0 Å². The molecule has 0 amide bonds. The third-order valence-electron chi connectivity index (χ3n) is 2.62. The summed E-state index contributed by atoms with van der Waals surface area (Å²) in [5.41, 5.74) is 0.456. The van der Waals surface area contributed by atoms with Gasteiger partial charge in [0.05, 0.1) is 0 Å². The number of hydrogen-bond donors (Lipinski definition) is 0. The zero-order valence-electron chi connectivity index (χ0n) is 11.3. The molecule has 0 spiro atoms. The topological polar surface area (TPSA) is 0 Å². The van der Waals surface area contributed by atoms with Crippen molar-refractivity contribution in [3.05, 3.63) is 12.2 Å². The molecule has 0 saturated heterocycles. The van der Waals surface area contributed by atoms with Gasteiger partial charge in [-0.1, -0.05) is 72.0 Å². The van der Waals surface area contributed by atoms with Gasteiger partial charge >= 0.3 is 0 Å². The van der Waals surface area contributed by atoms with E-state index in [1.807, 2.05) is 0 Å². The Morgan fingerprint density at radius 2 is 1.40 bits per heavy atom. The number of allylic oxidation sites excluding steroid dienone is 2. The van der Waals surface area contributed by atoms with E-state index in [-0.39, 0.29) is 0 Å². The standard InChI is InChI=1S/C15H30/c1-5-6-7-8-9-10-11-12-13-14-15(2,3)4/h12-13H,5-11,14H2,1-4H3/b13-12+. The van der Waals surface area contributed by atoms with E-state index in [4.69, 9.17) is 0 Å². The number of rotatable bonds is 8. The highest BCUT2D eigenvalue weighted by atomic mass is 14.1. The summed E-state index contributed by atoms with van der Waals surface area (Å²) >= 11 is 0. The summed E-state index contributed by atoms with van der Waals surface area (Å²) < 4.78 is 0. The molecule has 0 bridgehead atoms. The van der Waals surface area contributed by atoms with E-state index < -0.39 is 0 Å². The number of unbranched alkanes of at least 4 members (excludes halogenated alkanes) is 6. The molecule has 0 aliphatic heterocycles. The monoisotopic (exact) mass is 210 g/mol. The van der Waals surface area contributed by atoms with Gasteiger partial charge in [0.25, 0.3) is 0 Å². The van der Waals surface area contributed by atoms with Crippen LogP contribution in [0.2, 0.25) is 0 Å². The quantitative estimate of drug-likeness (QED) is 0.354. The molecule has 0 rings (SSSR count). The normalized spacial score (nSPS) is 12.5. The Labute approximate surface area is 97.2 Å². The van der Waals surface area contributed by atoms with Gasteiger partial charge in [-0.05, 0) is 24.7 Å². The van der Waals surface area contributed by atoms with Crippen LogP contribution < -0.4 is 0 Å². The summed E-state index contributed by atoms with van der Waals surface area (Å²) in [7, 11) is 0. The smallest absolute Gasteiger partial charge is 0.0302 e. The van der Waals surface area contributed by atoms with Crippen LogP contribution in [0.15, 0.2) is 12.2 Å². The molecular formula is C15H30. The lowest BCUT2D eigenvalue weighted by molar-refractivity contribution is 0.420. The molecule has 0 nitrogen and oxygen atoms in total. The lowest BCUT2D eigenvalue weighted by atomic mass is 9.92. The average molecular weight is 210 g/mol. The molecule has 0 aromatic carbocycles. The fraction of sp³-hybridized carbons (Fsp3) is 0.867. The van der Waals surface area contributed by atoms with Crippen LogP contribution in [-0.2, 0) is 0 Å². The molecule has 15 heavy (non-hydrogen) atoms. The van der Waals surface area contributed by atoms with Crippen LogP contribution in [0.5, 0.6) is 0 Å². The Bertz CT molecular complexity index is 148. The van der Waals surface area contributed by atoms with E-state index >= 15 is 0 Å². The van der Waals surface area contributed by atoms with Crippen LogP contribution in [-0.4, -0.2) is 0 Å². The van der Waals surface area contributed by atoms with Crippen molar-refractivity contribution in [1.29, 1.82) is 0 Å². The molecule has 0 aliphatic carbocycles. The summed E-state index contributed by atoms with van der Waals surface area (Å²) in [4.78, 5) is 0. The lowest BCUT2D eigenvalue weighted by Crippen LogP contribution is -2.01. The predicted molar refractivity (Wildman–Crippen MR) is 71.2 cm³/mol. The highest BCUT2D eigenvalue weighted by Crippen LogP contribution is 2.19. The summed E-state index contributed by atoms with van der Waals surface area (Å²) in [6.07, 6.45) is 15.6. The Morgan fingerprint density at radius 3 is 2.00 bits per heavy atom. The zero-order valence-corrected chi connectivity index (χ0v) is 11.3. The highest BCUT2D eigenvalue weighted by molar-refractivity contribution is 4.85. The Kier molecular flexibility index (Phi) is 8.85. The molecule has 0 aliphatic rings. The summed E-state index contributed by atoms with van der Waals surface area (Å²) in [5.74, 6) is 0. The molecule has 0 heterocycles. The van der Waals surface area contributed by atoms with E-state index in [2.05, 4.69) is 39.8 Å². The van der Waals surface area contributed by atoms with Gasteiger partial charge in [-0.2, -0.15) is 0 Å². The maximum atomic E-state index is 2.37. The minimum absolute atomic E-state index is 0.456. The third-order valence-corrected chi connectivity index (χ3v) is 2.62. The Hall–Kier alpha value is -0.260. The van der Waals surface area contributed by atoms with Gasteiger partial charge in [0.1, 0.15) is 0 Å². The maximum Gasteiger partial charge on any atom is -0.0302 e. The minimum Gasteiger partial charge on any atom is -0.0885 e. The lowest BCUT2D eigenvalue weighted by Gasteiger charge is -2.14. The Balaban J connectivity index is 3.17. The summed E-state index contributed by atoms with van der Waals surface area (Å²) in [5, 5.41) is 0. The first-order chi connectivity index (χ1) is 7.06. The van der Waals surface area contributed by atoms with Crippen molar-refractivity contribution in [2.24, 2.45) is 5.41 Å². The first kappa shape index (κ1) is 14.7. The van der Waals surface area contributed by atoms with Gasteiger partial charge < -0.3 is 0 Å². The molecule has 0 aromatic rings. The maximum absolute atomic E-state index is 2.37. The second-order valence-electron chi connectivity index (χ2n) is 5.79. The van der Waals surface area contributed by atoms with E-state index in [1.54, 1.807) is 0 Å². The SMILES string of the molecule is CCCCCCCC/C=C/CC(C)(C)C. The van der Waals surface area contributed by atoms with Crippen molar-refractivity contribution < 1.29 is 0 Å². The van der Waals surface area contributed by atoms with Gasteiger partial charge in [-0.3, -0.25) is 0 Å². The number of hydrogen-bond acceptors (Lipinski definition) is 0. The van der Waals surface area contributed by atoms with Gasteiger partial charge in [-0.25, -0.2) is 0 Å². The van der Waals surface area contributed by atoms with Crippen molar-refractivity contribution >= 4 is 0 Å². The average Bonchev–Trinajstić information content (AvgIpc) is 2.14. The van der Waals surface area contributed by atoms with Crippen molar-refractivity contribution in [2.45, 2.75) is 79.1 Å².